The van der Waals surface area contributed by atoms with Gasteiger partial charge in [-0.3, -0.25) is 0 Å². The molecule has 0 atom stereocenters. The van der Waals surface area contributed by atoms with E-state index in [1.807, 2.05) is 0 Å². The van der Waals surface area contributed by atoms with Crippen molar-refractivity contribution in [1.82, 2.24) is 0 Å². The molecule has 256 valence electrons. The average Bonchev–Trinajstić information content (AvgIpc) is 3.02. The first-order valence-corrected chi connectivity index (χ1v) is 16.6. The molecule has 2 aromatic carbocycles. The van der Waals surface area contributed by atoms with Crippen LogP contribution in [0.25, 0.3) is 11.1 Å². The second-order valence-corrected chi connectivity index (χ2v) is 13.2. The van der Waals surface area contributed by atoms with Crippen molar-refractivity contribution in [2.45, 2.75) is 103 Å². The summed E-state index contributed by atoms with van der Waals surface area (Å²) in [6.07, 6.45) is 2.56. The molecule has 11 heteroatoms. The summed E-state index contributed by atoms with van der Waals surface area (Å²) < 4.78 is 117. The van der Waals surface area contributed by atoms with Crippen LogP contribution in [0.3, 0.4) is 0 Å². The highest BCUT2D eigenvalue weighted by Gasteiger charge is 2.46. The lowest BCUT2D eigenvalue weighted by Crippen LogP contribution is -2.43. The Hall–Kier alpha value is -2.53. The van der Waals surface area contributed by atoms with Gasteiger partial charge in [-0.1, -0.05) is 51.5 Å². The molecule has 3 fully saturated rings. The standard InChI is InChI=1S/C35H43F7O4/c1-2-3-4-5-22-6-8-23(9-7-22)26-20-43-33(44-21-26)24-10-13-27(14-11-24)34(38,39)45-28-15-16-29(30(36)19-28)25-12-17-32(31(37)18-25)46-35(40,41)42/h12,15-19,22-24,26-27,33H,2-11,13-14,20-21H2,1H3. The first kappa shape index (κ1) is 34.8. The third-order valence-corrected chi connectivity index (χ3v) is 10.0. The van der Waals surface area contributed by atoms with Crippen LogP contribution in [-0.2, 0) is 9.47 Å². The molecule has 0 bridgehead atoms. The van der Waals surface area contributed by atoms with Gasteiger partial charge in [0.2, 0.25) is 0 Å². The van der Waals surface area contributed by atoms with Crippen LogP contribution in [0, 0.1) is 41.2 Å². The minimum atomic E-state index is -5.09. The molecule has 1 aliphatic heterocycles. The van der Waals surface area contributed by atoms with E-state index >= 15 is 8.78 Å². The first-order chi connectivity index (χ1) is 21.9. The highest BCUT2D eigenvalue weighted by Crippen LogP contribution is 2.44. The lowest BCUT2D eigenvalue weighted by molar-refractivity contribution is -0.275. The molecule has 0 radical (unpaired) electrons. The maximum absolute atomic E-state index is 15.2. The molecule has 3 aliphatic rings. The van der Waals surface area contributed by atoms with Crippen molar-refractivity contribution in [1.29, 1.82) is 0 Å². The quantitative estimate of drug-likeness (QED) is 0.178. The average molecular weight is 661 g/mol. The minimum Gasteiger partial charge on any atom is -0.432 e. The molecule has 0 unspecified atom stereocenters. The maximum Gasteiger partial charge on any atom is 0.573 e. The smallest absolute Gasteiger partial charge is 0.432 e. The molecular formula is C35H43F7O4. The third-order valence-electron chi connectivity index (χ3n) is 10.0. The molecule has 2 aliphatic carbocycles. The number of rotatable bonds is 11. The summed E-state index contributed by atoms with van der Waals surface area (Å²) in [5.74, 6) is -3.03. The number of alkyl halides is 5. The molecule has 0 N–H and O–H groups in total. The molecule has 2 saturated carbocycles. The van der Waals surface area contributed by atoms with Crippen LogP contribution in [0.5, 0.6) is 11.5 Å². The van der Waals surface area contributed by atoms with Crippen LogP contribution in [0.4, 0.5) is 30.7 Å². The van der Waals surface area contributed by atoms with Crippen LogP contribution in [-0.4, -0.2) is 32.0 Å². The highest BCUT2D eigenvalue weighted by atomic mass is 19.4. The zero-order valence-corrected chi connectivity index (χ0v) is 26.1. The van der Waals surface area contributed by atoms with Crippen molar-refractivity contribution in [3.05, 3.63) is 48.0 Å². The molecule has 0 amide bonds. The largest absolute Gasteiger partial charge is 0.573 e. The fourth-order valence-electron chi connectivity index (χ4n) is 7.35. The Kier molecular flexibility index (Phi) is 11.4. The Morgan fingerprint density at radius 1 is 0.717 bits per heavy atom. The SMILES string of the molecule is CCCCCC1CCC(C2COC(C3CCC(C(F)(F)Oc4ccc(-c5ccc(OC(F)(F)F)c(F)c5)c(F)c4)CC3)OC2)CC1. The summed E-state index contributed by atoms with van der Waals surface area (Å²) in [6.45, 7) is 3.53. The van der Waals surface area contributed by atoms with Crippen molar-refractivity contribution in [3.8, 4) is 22.6 Å². The highest BCUT2D eigenvalue weighted by molar-refractivity contribution is 5.66. The van der Waals surface area contributed by atoms with E-state index < -0.39 is 47.8 Å². The van der Waals surface area contributed by atoms with Gasteiger partial charge in [0.05, 0.1) is 19.1 Å². The monoisotopic (exact) mass is 660 g/mol. The molecule has 1 heterocycles. The van der Waals surface area contributed by atoms with Crippen molar-refractivity contribution < 1.29 is 49.7 Å². The van der Waals surface area contributed by atoms with E-state index in [2.05, 4.69) is 11.7 Å². The predicted octanol–water partition coefficient (Wildman–Crippen LogP) is 10.7. The number of halogens is 7. The van der Waals surface area contributed by atoms with E-state index in [1.165, 1.54) is 51.4 Å². The van der Waals surface area contributed by atoms with Gasteiger partial charge in [-0.25, -0.2) is 8.78 Å². The van der Waals surface area contributed by atoms with Crippen LogP contribution in [0.1, 0.15) is 84.0 Å². The number of ether oxygens (including phenoxy) is 4. The van der Waals surface area contributed by atoms with E-state index in [1.54, 1.807) is 0 Å². The maximum atomic E-state index is 15.2. The van der Waals surface area contributed by atoms with Gasteiger partial charge in [-0.15, -0.1) is 13.2 Å². The third kappa shape index (κ3) is 9.08. The van der Waals surface area contributed by atoms with Gasteiger partial charge in [0.1, 0.15) is 11.6 Å². The molecule has 46 heavy (non-hydrogen) atoms. The molecule has 1 saturated heterocycles. The van der Waals surface area contributed by atoms with E-state index in [0.717, 1.165) is 36.2 Å². The Bertz CT molecular complexity index is 1260. The summed E-state index contributed by atoms with van der Waals surface area (Å²) in [5, 5.41) is 0. The summed E-state index contributed by atoms with van der Waals surface area (Å²) in [6, 6.07) is 5.42. The van der Waals surface area contributed by atoms with Crippen LogP contribution >= 0.6 is 0 Å². The number of hydrogen-bond acceptors (Lipinski definition) is 4. The lowest BCUT2D eigenvalue weighted by Gasteiger charge is -2.41. The fraction of sp³-hybridized carbons (Fsp3) is 0.657. The zero-order valence-electron chi connectivity index (χ0n) is 26.1. The lowest BCUT2D eigenvalue weighted by atomic mass is 9.74. The fourth-order valence-corrected chi connectivity index (χ4v) is 7.35. The molecule has 0 spiro atoms. The van der Waals surface area contributed by atoms with Gasteiger partial charge in [-0.05, 0) is 80.2 Å². The first-order valence-electron chi connectivity index (χ1n) is 16.6. The Morgan fingerprint density at radius 3 is 2.00 bits per heavy atom. The topological polar surface area (TPSA) is 36.9 Å². The van der Waals surface area contributed by atoms with Crippen LogP contribution in [0.15, 0.2) is 36.4 Å². The molecule has 5 rings (SSSR count). The van der Waals surface area contributed by atoms with Gasteiger partial charge in [0.25, 0.3) is 0 Å². The zero-order chi connectivity index (χ0) is 32.9. The van der Waals surface area contributed by atoms with E-state index in [-0.39, 0.29) is 29.9 Å². The number of unbranched alkanes of at least 4 members (excludes halogenated alkanes) is 2. The van der Waals surface area contributed by atoms with Gasteiger partial charge < -0.3 is 18.9 Å². The summed E-state index contributed by atoms with van der Waals surface area (Å²) >= 11 is 0. The summed E-state index contributed by atoms with van der Waals surface area (Å²) in [7, 11) is 0. The van der Waals surface area contributed by atoms with Gasteiger partial charge in [-0.2, -0.15) is 8.78 Å². The van der Waals surface area contributed by atoms with Crippen molar-refractivity contribution in [3.63, 3.8) is 0 Å². The molecule has 0 aromatic heterocycles. The Labute approximate surface area is 265 Å². The van der Waals surface area contributed by atoms with Gasteiger partial charge in [0.15, 0.2) is 17.9 Å². The molecule has 4 nitrogen and oxygen atoms in total. The second-order valence-electron chi connectivity index (χ2n) is 13.2. The number of hydrogen-bond donors (Lipinski definition) is 0. The van der Waals surface area contributed by atoms with E-state index in [0.29, 0.717) is 44.0 Å². The van der Waals surface area contributed by atoms with Crippen molar-refractivity contribution >= 4 is 0 Å². The van der Waals surface area contributed by atoms with E-state index in [9.17, 15) is 22.0 Å². The second kappa shape index (κ2) is 15.1. The Balaban J connectivity index is 1.07. The predicted molar refractivity (Wildman–Crippen MR) is 158 cm³/mol. The van der Waals surface area contributed by atoms with Gasteiger partial charge >= 0.3 is 12.5 Å². The van der Waals surface area contributed by atoms with Crippen LogP contribution in [0.2, 0.25) is 0 Å². The van der Waals surface area contributed by atoms with Gasteiger partial charge in [0, 0.05) is 23.5 Å². The van der Waals surface area contributed by atoms with Crippen LogP contribution < -0.4 is 9.47 Å². The number of benzene rings is 2. The van der Waals surface area contributed by atoms with E-state index in [4.69, 9.17) is 14.2 Å². The summed E-state index contributed by atoms with van der Waals surface area (Å²) in [4.78, 5) is 0. The summed E-state index contributed by atoms with van der Waals surface area (Å²) in [5.41, 5.74) is -0.289. The normalized spacial score (nSPS) is 27.7. The molecule has 2 aromatic rings. The minimum absolute atomic E-state index is 0.0207. The van der Waals surface area contributed by atoms with Crippen molar-refractivity contribution in [2.24, 2.45) is 29.6 Å². The van der Waals surface area contributed by atoms with Crippen molar-refractivity contribution in [2.75, 3.05) is 13.2 Å². The Morgan fingerprint density at radius 2 is 1.39 bits per heavy atom. The molecular weight excluding hydrogens is 617 g/mol.